The number of rotatable bonds is 5. The quantitative estimate of drug-likeness (QED) is 0.598. The molecule has 0 radical (unpaired) electrons. The molecule has 0 spiro atoms. The minimum absolute atomic E-state index is 0.154. The van der Waals surface area contributed by atoms with Gasteiger partial charge in [-0.2, -0.15) is 0 Å². The van der Waals surface area contributed by atoms with E-state index in [1.807, 2.05) is 0 Å². The number of aromatic nitrogens is 2. The molecule has 0 saturated heterocycles. The summed E-state index contributed by atoms with van der Waals surface area (Å²) in [4.78, 5) is 34.8. The van der Waals surface area contributed by atoms with E-state index < -0.39 is 16.2 Å². The summed E-state index contributed by atoms with van der Waals surface area (Å²) in [6.45, 7) is 2.44. The summed E-state index contributed by atoms with van der Waals surface area (Å²) in [5.41, 5.74) is -0.771. The number of fused-ring (bicyclic) bond motifs is 1. The van der Waals surface area contributed by atoms with Crippen LogP contribution < -0.4 is 11.2 Å². The maximum Gasteiger partial charge on any atom is 0.331 e. The van der Waals surface area contributed by atoms with Crippen LogP contribution in [0.25, 0.3) is 10.9 Å². The van der Waals surface area contributed by atoms with Gasteiger partial charge in [0.2, 0.25) is 0 Å². The second-order valence-electron chi connectivity index (χ2n) is 4.43. The predicted octanol–water partition coefficient (Wildman–Crippen LogP) is 0.738. The van der Waals surface area contributed by atoms with Crippen LogP contribution in [0.15, 0.2) is 27.8 Å². The Kier molecular flexibility index (Phi) is 4.18. The van der Waals surface area contributed by atoms with Gasteiger partial charge in [0.25, 0.3) is 11.2 Å². The van der Waals surface area contributed by atoms with Crippen molar-refractivity contribution in [2.24, 2.45) is 0 Å². The van der Waals surface area contributed by atoms with E-state index >= 15 is 0 Å². The van der Waals surface area contributed by atoms with Crippen molar-refractivity contribution in [2.75, 3.05) is 13.7 Å². The van der Waals surface area contributed by atoms with Gasteiger partial charge in [-0.05, 0) is 13.0 Å². The van der Waals surface area contributed by atoms with Gasteiger partial charge in [0, 0.05) is 25.8 Å². The number of methoxy groups -OCH3 is 1. The zero-order valence-corrected chi connectivity index (χ0v) is 11.7. The molecule has 2 aromatic rings. The lowest BCUT2D eigenvalue weighted by Gasteiger charge is -2.12. The molecular weight excluding hydrogens is 278 g/mol. The number of hydrogen-bond acceptors (Lipinski definition) is 5. The average molecular weight is 293 g/mol. The van der Waals surface area contributed by atoms with Crippen LogP contribution in [0.3, 0.4) is 0 Å². The standard InChI is InChI=1S/C13H15N3O5/c1-3-14-12(17)10-8-9(16(19)20)4-5-11(10)15(13(14)18)6-7-21-2/h4-5,8H,3,6-7H2,1-2H3. The smallest absolute Gasteiger partial charge is 0.331 e. The van der Waals surface area contributed by atoms with Crippen molar-refractivity contribution in [1.29, 1.82) is 0 Å². The second-order valence-corrected chi connectivity index (χ2v) is 4.43. The Bertz CT molecular complexity index is 806. The summed E-state index contributed by atoms with van der Waals surface area (Å²) in [5.74, 6) is 0. The van der Waals surface area contributed by atoms with E-state index in [1.54, 1.807) is 6.92 Å². The number of non-ortho nitro benzene ring substituents is 1. The third-order valence-electron chi connectivity index (χ3n) is 3.25. The fourth-order valence-electron chi connectivity index (χ4n) is 2.20. The maximum absolute atomic E-state index is 12.3. The van der Waals surface area contributed by atoms with Crippen LogP contribution in [0.1, 0.15) is 6.92 Å². The van der Waals surface area contributed by atoms with Gasteiger partial charge in [-0.1, -0.05) is 0 Å². The van der Waals surface area contributed by atoms with Crippen molar-refractivity contribution in [1.82, 2.24) is 9.13 Å². The third-order valence-corrected chi connectivity index (χ3v) is 3.25. The zero-order valence-electron chi connectivity index (χ0n) is 11.7. The van der Waals surface area contributed by atoms with Crippen molar-refractivity contribution in [2.45, 2.75) is 20.0 Å². The van der Waals surface area contributed by atoms with Gasteiger partial charge in [0.15, 0.2) is 0 Å². The number of nitro groups is 1. The Morgan fingerprint density at radius 2 is 2.00 bits per heavy atom. The first-order valence-corrected chi connectivity index (χ1v) is 6.42. The molecule has 0 N–H and O–H groups in total. The Morgan fingerprint density at radius 1 is 1.29 bits per heavy atom. The topological polar surface area (TPSA) is 96.4 Å². The van der Waals surface area contributed by atoms with Crippen LogP contribution in [0.4, 0.5) is 5.69 Å². The molecule has 0 aliphatic carbocycles. The van der Waals surface area contributed by atoms with Crippen molar-refractivity contribution in [3.63, 3.8) is 0 Å². The molecule has 0 aliphatic heterocycles. The van der Waals surface area contributed by atoms with E-state index in [0.717, 1.165) is 4.57 Å². The van der Waals surface area contributed by atoms with Crippen LogP contribution in [0, 0.1) is 10.1 Å². The summed E-state index contributed by atoms with van der Waals surface area (Å²) in [7, 11) is 1.51. The van der Waals surface area contributed by atoms with Crippen molar-refractivity contribution in [3.8, 4) is 0 Å². The molecular formula is C13H15N3O5. The molecule has 112 valence electrons. The molecule has 1 aromatic heterocycles. The molecule has 8 heteroatoms. The number of ether oxygens (including phenoxy) is 1. The zero-order chi connectivity index (χ0) is 15.6. The first-order chi connectivity index (χ1) is 10.0. The Balaban J connectivity index is 2.85. The van der Waals surface area contributed by atoms with Gasteiger partial charge in [0.05, 0.1) is 29.0 Å². The molecule has 1 aromatic carbocycles. The lowest BCUT2D eigenvalue weighted by molar-refractivity contribution is -0.384. The Morgan fingerprint density at radius 3 is 2.57 bits per heavy atom. The first kappa shape index (κ1) is 14.9. The average Bonchev–Trinajstić information content (AvgIpc) is 2.47. The van der Waals surface area contributed by atoms with Crippen molar-refractivity contribution < 1.29 is 9.66 Å². The van der Waals surface area contributed by atoms with Crippen LogP contribution in [0.5, 0.6) is 0 Å². The van der Waals surface area contributed by atoms with E-state index in [1.165, 1.54) is 29.9 Å². The van der Waals surface area contributed by atoms with Gasteiger partial charge in [-0.3, -0.25) is 24.0 Å². The number of nitro benzene ring substituents is 1. The Labute approximate surface area is 119 Å². The molecule has 0 aliphatic rings. The van der Waals surface area contributed by atoms with E-state index in [-0.39, 0.29) is 24.2 Å². The molecule has 21 heavy (non-hydrogen) atoms. The monoisotopic (exact) mass is 293 g/mol. The van der Waals surface area contributed by atoms with Gasteiger partial charge in [0.1, 0.15) is 0 Å². The normalized spacial score (nSPS) is 11.0. The highest BCUT2D eigenvalue weighted by molar-refractivity contribution is 5.80. The molecule has 0 saturated carbocycles. The molecule has 0 amide bonds. The minimum Gasteiger partial charge on any atom is -0.383 e. The van der Waals surface area contributed by atoms with Gasteiger partial charge in [-0.15, -0.1) is 0 Å². The number of hydrogen-bond donors (Lipinski definition) is 0. The van der Waals surface area contributed by atoms with E-state index in [4.69, 9.17) is 4.74 Å². The summed E-state index contributed by atoms with van der Waals surface area (Å²) < 4.78 is 7.41. The van der Waals surface area contributed by atoms with Crippen LogP contribution >= 0.6 is 0 Å². The molecule has 1 heterocycles. The highest BCUT2D eigenvalue weighted by Crippen LogP contribution is 2.17. The molecule has 0 bridgehead atoms. The summed E-state index contributed by atoms with van der Waals surface area (Å²) in [5, 5.41) is 11.0. The van der Waals surface area contributed by atoms with Gasteiger partial charge >= 0.3 is 5.69 Å². The molecule has 0 atom stereocenters. The molecule has 0 fully saturated rings. The van der Waals surface area contributed by atoms with Gasteiger partial charge in [-0.25, -0.2) is 4.79 Å². The maximum atomic E-state index is 12.3. The van der Waals surface area contributed by atoms with Crippen LogP contribution in [-0.4, -0.2) is 27.8 Å². The molecule has 8 nitrogen and oxygen atoms in total. The lowest BCUT2D eigenvalue weighted by Crippen LogP contribution is -2.40. The van der Waals surface area contributed by atoms with Gasteiger partial charge < -0.3 is 4.74 Å². The van der Waals surface area contributed by atoms with Crippen LogP contribution in [-0.2, 0) is 17.8 Å². The Hall–Kier alpha value is -2.48. The highest BCUT2D eigenvalue weighted by Gasteiger charge is 2.15. The highest BCUT2D eigenvalue weighted by atomic mass is 16.6. The number of nitrogens with zero attached hydrogens (tertiary/aromatic N) is 3. The molecule has 2 rings (SSSR count). The van der Waals surface area contributed by atoms with Crippen molar-refractivity contribution >= 4 is 16.6 Å². The molecule has 0 unspecified atom stereocenters. The van der Waals surface area contributed by atoms with E-state index in [2.05, 4.69) is 0 Å². The predicted molar refractivity (Wildman–Crippen MR) is 76.7 cm³/mol. The van der Waals surface area contributed by atoms with E-state index in [9.17, 15) is 19.7 Å². The second kappa shape index (κ2) is 5.88. The summed E-state index contributed by atoms with van der Waals surface area (Å²) >= 11 is 0. The largest absolute Gasteiger partial charge is 0.383 e. The van der Waals surface area contributed by atoms with Crippen molar-refractivity contribution in [3.05, 3.63) is 49.2 Å². The SMILES string of the molecule is CCn1c(=O)c2cc([N+](=O)[O-])ccc2n(CCOC)c1=O. The summed E-state index contributed by atoms with van der Waals surface area (Å²) in [6.07, 6.45) is 0. The first-order valence-electron chi connectivity index (χ1n) is 6.42. The fraction of sp³-hybridized carbons (Fsp3) is 0.385. The lowest BCUT2D eigenvalue weighted by atomic mass is 10.2. The minimum atomic E-state index is -0.570. The van der Waals surface area contributed by atoms with Crippen LogP contribution in [0.2, 0.25) is 0 Å². The number of benzene rings is 1. The fourth-order valence-corrected chi connectivity index (χ4v) is 2.20. The third kappa shape index (κ3) is 2.57. The summed E-state index contributed by atoms with van der Waals surface area (Å²) in [6, 6.07) is 3.90. The van der Waals surface area contributed by atoms with E-state index in [0.29, 0.717) is 12.1 Å².